The molecule has 1 atom stereocenters. The number of likely N-dealkylation sites (N-methyl/N-ethyl adjacent to an activating group) is 1. The maximum Gasteiger partial charge on any atom is 0.248 e. The summed E-state index contributed by atoms with van der Waals surface area (Å²) in [6, 6.07) is 9.89. The molecule has 1 amide bonds. The highest BCUT2D eigenvalue weighted by Gasteiger charge is 2.15. The van der Waals surface area contributed by atoms with Gasteiger partial charge in [0, 0.05) is 30.3 Å². The van der Waals surface area contributed by atoms with Crippen molar-refractivity contribution in [2.75, 3.05) is 13.6 Å². The lowest BCUT2D eigenvalue weighted by atomic mass is 10.1. The highest BCUT2D eigenvalue weighted by Crippen LogP contribution is 2.19. The van der Waals surface area contributed by atoms with E-state index >= 15 is 0 Å². The Kier molecular flexibility index (Phi) is 5.41. The Labute approximate surface area is 133 Å². The molecule has 0 saturated heterocycles. The van der Waals surface area contributed by atoms with E-state index < -0.39 is 23.6 Å². The number of primary amides is 1. The lowest BCUT2D eigenvalue weighted by Gasteiger charge is -2.21. The number of hydrogen-bond donors (Lipinski definition) is 2. The predicted octanol–water partition coefficient (Wildman–Crippen LogP) is 2.23. The summed E-state index contributed by atoms with van der Waals surface area (Å²) in [5.74, 6) is -1.94. The number of nitrogens with zero attached hydrogens (tertiary/aromatic N) is 1. The van der Waals surface area contributed by atoms with E-state index in [2.05, 4.69) is 0 Å². The molecule has 0 aliphatic heterocycles. The first-order valence-electron chi connectivity index (χ1n) is 7.07. The molecule has 3 N–H and O–H groups in total. The van der Waals surface area contributed by atoms with Crippen molar-refractivity contribution in [2.45, 2.75) is 12.6 Å². The van der Waals surface area contributed by atoms with Gasteiger partial charge in [0.05, 0.1) is 6.10 Å². The second kappa shape index (κ2) is 7.30. The Hall–Kier alpha value is -2.31. The second-order valence-corrected chi connectivity index (χ2v) is 5.44. The minimum Gasteiger partial charge on any atom is -0.387 e. The van der Waals surface area contributed by atoms with Crippen LogP contribution in [0.4, 0.5) is 8.78 Å². The summed E-state index contributed by atoms with van der Waals surface area (Å²) in [6.07, 6.45) is -1.06. The van der Waals surface area contributed by atoms with Crippen molar-refractivity contribution in [1.29, 1.82) is 0 Å². The molecule has 23 heavy (non-hydrogen) atoms. The van der Waals surface area contributed by atoms with Gasteiger partial charge in [-0.3, -0.25) is 9.69 Å². The topological polar surface area (TPSA) is 66.6 Å². The fourth-order valence-corrected chi connectivity index (χ4v) is 2.32. The molecule has 0 heterocycles. The monoisotopic (exact) mass is 320 g/mol. The van der Waals surface area contributed by atoms with Crippen LogP contribution in [0.1, 0.15) is 27.6 Å². The van der Waals surface area contributed by atoms with Gasteiger partial charge in [-0.05, 0) is 30.8 Å². The second-order valence-electron chi connectivity index (χ2n) is 5.44. The Balaban J connectivity index is 1.98. The molecule has 0 aliphatic rings. The molecule has 4 nitrogen and oxygen atoms in total. The van der Waals surface area contributed by atoms with Gasteiger partial charge in [0.15, 0.2) is 0 Å². The minimum absolute atomic E-state index is 0.0577. The van der Waals surface area contributed by atoms with Crippen LogP contribution in [0.25, 0.3) is 0 Å². The van der Waals surface area contributed by atoms with E-state index in [1.807, 2.05) is 0 Å². The highest BCUT2D eigenvalue weighted by atomic mass is 19.1. The average molecular weight is 320 g/mol. The van der Waals surface area contributed by atoms with Crippen molar-refractivity contribution in [3.05, 3.63) is 70.8 Å². The van der Waals surface area contributed by atoms with E-state index in [4.69, 9.17) is 5.73 Å². The maximum absolute atomic E-state index is 13.6. The van der Waals surface area contributed by atoms with Crippen LogP contribution in [-0.2, 0) is 6.54 Å². The standard InChI is InChI=1S/C17H18F2N2O2/c1-21(9-11-2-4-12(5-3-11)17(20)23)10-16(22)14-7-6-13(18)8-15(14)19/h2-8,16,22H,9-10H2,1H3,(H2,20,23). The predicted molar refractivity (Wildman–Crippen MR) is 82.6 cm³/mol. The van der Waals surface area contributed by atoms with Crippen LogP contribution in [0.15, 0.2) is 42.5 Å². The Bertz CT molecular complexity index is 689. The van der Waals surface area contributed by atoms with Crippen molar-refractivity contribution in [3.8, 4) is 0 Å². The van der Waals surface area contributed by atoms with Crippen molar-refractivity contribution in [1.82, 2.24) is 4.90 Å². The summed E-state index contributed by atoms with van der Waals surface area (Å²) < 4.78 is 26.5. The summed E-state index contributed by atoms with van der Waals surface area (Å²) in [7, 11) is 1.77. The number of aliphatic hydroxyl groups excluding tert-OH is 1. The molecule has 2 aromatic rings. The quantitative estimate of drug-likeness (QED) is 0.858. The number of carbonyl (C=O) groups is 1. The van der Waals surface area contributed by atoms with Crippen LogP contribution in [0.5, 0.6) is 0 Å². The van der Waals surface area contributed by atoms with Gasteiger partial charge < -0.3 is 10.8 Å². The molecule has 2 aromatic carbocycles. The van der Waals surface area contributed by atoms with E-state index in [9.17, 15) is 18.7 Å². The zero-order valence-electron chi connectivity index (χ0n) is 12.7. The van der Waals surface area contributed by atoms with Gasteiger partial charge in [-0.15, -0.1) is 0 Å². The minimum atomic E-state index is -1.06. The summed E-state index contributed by atoms with van der Waals surface area (Å²) in [6.45, 7) is 0.680. The average Bonchev–Trinajstić information content (AvgIpc) is 2.47. The van der Waals surface area contributed by atoms with Gasteiger partial charge in [-0.1, -0.05) is 18.2 Å². The largest absolute Gasteiger partial charge is 0.387 e. The van der Waals surface area contributed by atoms with Crippen LogP contribution in [-0.4, -0.2) is 29.5 Å². The molecule has 0 saturated carbocycles. The third-order valence-corrected chi connectivity index (χ3v) is 3.50. The molecular formula is C17H18F2N2O2. The lowest BCUT2D eigenvalue weighted by Crippen LogP contribution is -2.24. The molecular weight excluding hydrogens is 302 g/mol. The summed E-state index contributed by atoms with van der Waals surface area (Å²) in [5, 5.41) is 10.1. The molecule has 0 aromatic heterocycles. The number of amides is 1. The van der Waals surface area contributed by atoms with Crippen molar-refractivity contribution in [3.63, 3.8) is 0 Å². The first-order chi connectivity index (χ1) is 10.9. The van der Waals surface area contributed by atoms with E-state index in [0.29, 0.717) is 12.1 Å². The van der Waals surface area contributed by atoms with Gasteiger partial charge in [0.25, 0.3) is 0 Å². The highest BCUT2D eigenvalue weighted by molar-refractivity contribution is 5.92. The molecule has 0 radical (unpaired) electrons. The van der Waals surface area contributed by atoms with Gasteiger partial charge in [0.2, 0.25) is 5.91 Å². The molecule has 2 rings (SSSR count). The lowest BCUT2D eigenvalue weighted by molar-refractivity contribution is 0.100. The number of benzene rings is 2. The van der Waals surface area contributed by atoms with Gasteiger partial charge >= 0.3 is 0 Å². The van der Waals surface area contributed by atoms with Crippen molar-refractivity contribution >= 4 is 5.91 Å². The van der Waals surface area contributed by atoms with E-state index in [-0.39, 0.29) is 12.1 Å². The summed E-state index contributed by atoms with van der Waals surface area (Å²) >= 11 is 0. The number of carbonyl (C=O) groups excluding carboxylic acids is 1. The maximum atomic E-state index is 13.6. The fourth-order valence-electron chi connectivity index (χ4n) is 2.32. The molecule has 6 heteroatoms. The first-order valence-corrected chi connectivity index (χ1v) is 7.07. The summed E-state index contributed by atoms with van der Waals surface area (Å²) in [5.41, 5.74) is 6.58. The zero-order valence-corrected chi connectivity index (χ0v) is 12.7. The number of aliphatic hydroxyl groups is 1. The SMILES string of the molecule is CN(Cc1ccc(C(N)=O)cc1)CC(O)c1ccc(F)cc1F. The van der Waals surface area contributed by atoms with E-state index in [1.54, 1.807) is 36.2 Å². The molecule has 0 fully saturated rings. The summed E-state index contributed by atoms with van der Waals surface area (Å²) in [4.78, 5) is 12.8. The molecule has 0 aliphatic carbocycles. The number of nitrogens with two attached hydrogens (primary N) is 1. The molecule has 1 unspecified atom stereocenters. The number of rotatable bonds is 6. The van der Waals surface area contributed by atoms with Crippen LogP contribution < -0.4 is 5.73 Å². The fraction of sp³-hybridized carbons (Fsp3) is 0.235. The van der Waals surface area contributed by atoms with Gasteiger partial charge in [0.1, 0.15) is 11.6 Å². The zero-order chi connectivity index (χ0) is 17.0. The number of hydrogen-bond acceptors (Lipinski definition) is 3. The molecule has 0 bridgehead atoms. The van der Waals surface area contributed by atoms with E-state index in [1.165, 1.54) is 6.07 Å². The first kappa shape index (κ1) is 17.1. The van der Waals surface area contributed by atoms with Gasteiger partial charge in [-0.25, -0.2) is 8.78 Å². The molecule has 0 spiro atoms. The Morgan fingerprint density at radius 2 is 1.87 bits per heavy atom. The van der Waals surface area contributed by atoms with Crippen LogP contribution in [0.2, 0.25) is 0 Å². The normalized spacial score (nSPS) is 12.4. The van der Waals surface area contributed by atoms with Crippen molar-refractivity contribution in [2.24, 2.45) is 5.73 Å². The van der Waals surface area contributed by atoms with Gasteiger partial charge in [-0.2, -0.15) is 0 Å². The van der Waals surface area contributed by atoms with Crippen LogP contribution in [0, 0.1) is 11.6 Å². The Morgan fingerprint density at radius 1 is 1.22 bits per heavy atom. The third kappa shape index (κ3) is 4.58. The van der Waals surface area contributed by atoms with Crippen LogP contribution >= 0.6 is 0 Å². The smallest absolute Gasteiger partial charge is 0.248 e. The van der Waals surface area contributed by atoms with Crippen LogP contribution in [0.3, 0.4) is 0 Å². The Morgan fingerprint density at radius 3 is 2.43 bits per heavy atom. The van der Waals surface area contributed by atoms with E-state index in [0.717, 1.165) is 17.7 Å². The van der Waals surface area contributed by atoms with Crippen molar-refractivity contribution < 1.29 is 18.7 Å². The molecule has 122 valence electrons. The third-order valence-electron chi connectivity index (χ3n) is 3.50. The number of halogens is 2.